The molecule has 4 heteroatoms. The second kappa shape index (κ2) is 10.1. The normalized spacial score (nSPS) is 10.5. The highest BCUT2D eigenvalue weighted by molar-refractivity contribution is 6.31. The highest BCUT2D eigenvalue weighted by Gasteiger charge is 2.02. The maximum atomic E-state index is 6.14. The lowest BCUT2D eigenvalue weighted by Crippen LogP contribution is -2.22. The minimum Gasteiger partial charge on any atom is -0.491 e. The van der Waals surface area contributed by atoms with E-state index in [0.717, 1.165) is 61.1 Å². The molecule has 0 bridgehead atoms. The number of para-hydroxylation sites is 2. The third kappa shape index (κ3) is 6.12. The van der Waals surface area contributed by atoms with Crippen molar-refractivity contribution in [3.8, 4) is 5.75 Å². The third-order valence-electron chi connectivity index (χ3n) is 3.53. The summed E-state index contributed by atoms with van der Waals surface area (Å²) in [5.74, 6) is 0.923. The van der Waals surface area contributed by atoms with Gasteiger partial charge in [-0.1, -0.05) is 55.3 Å². The van der Waals surface area contributed by atoms with Crippen LogP contribution in [-0.4, -0.2) is 19.7 Å². The molecule has 0 aromatic heterocycles. The van der Waals surface area contributed by atoms with Crippen LogP contribution < -0.4 is 15.4 Å². The van der Waals surface area contributed by atoms with Crippen LogP contribution in [0.1, 0.15) is 25.3 Å². The Kier molecular flexibility index (Phi) is 7.78. The van der Waals surface area contributed by atoms with Gasteiger partial charge in [-0.05, 0) is 30.2 Å². The zero-order valence-electron chi connectivity index (χ0n) is 13.6. The van der Waals surface area contributed by atoms with Gasteiger partial charge < -0.3 is 15.4 Å². The molecule has 0 spiro atoms. The van der Waals surface area contributed by atoms with E-state index in [1.165, 1.54) is 0 Å². The minimum absolute atomic E-state index is 0.764. The molecule has 0 aliphatic carbocycles. The van der Waals surface area contributed by atoms with Crippen LogP contribution in [0.5, 0.6) is 5.75 Å². The SMILES string of the molecule is CCCCOc1ccccc1NCCNCc1ccccc1Cl. The van der Waals surface area contributed by atoms with Crippen LogP contribution in [0.3, 0.4) is 0 Å². The van der Waals surface area contributed by atoms with Crippen molar-refractivity contribution in [1.29, 1.82) is 0 Å². The monoisotopic (exact) mass is 332 g/mol. The molecule has 0 saturated carbocycles. The lowest BCUT2D eigenvalue weighted by molar-refractivity contribution is 0.310. The predicted molar refractivity (Wildman–Crippen MR) is 98.5 cm³/mol. The number of hydrogen-bond donors (Lipinski definition) is 2. The summed E-state index contributed by atoms with van der Waals surface area (Å²) in [5.41, 5.74) is 2.17. The summed E-state index contributed by atoms with van der Waals surface area (Å²) >= 11 is 6.14. The Balaban J connectivity index is 1.73. The van der Waals surface area contributed by atoms with E-state index in [0.29, 0.717) is 0 Å². The van der Waals surface area contributed by atoms with Gasteiger partial charge in [0.15, 0.2) is 0 Å². The smallest absolute Gasteiger partial charge is 0.142 e. The molecule has 3 nitrogen and oxygen atoms in total. The van der Waals surface area contributed by atoms with Crippen molar-refractivity contribution in [3.63, 3.8) is 0 Å². The molecule has 0 atom stereocenters. The molecule has 2 aromatic carbocycles. The molecule has 0 aliphatic heterocycles. The standard InChI is InChI=1S/C19H25ClN2O/c1-2-3-14-23-19-11-7-6-10-18(19)22-13-12-21-15-16-8-4-5-9-17(16)20/h4-11,21-22H,2-3,12-15H2,1H3. The predicted octanol–water partition coefficient (Wildman–Crippen LogP) is 4.72. The van der Waals surface area contributed by atoms with E-state index >= 15 is 0 Å². The highest BCUT2D eigenvalue weighted by atomic mass is 35.5. The van der Waals surface area contributed by atoms with Crippen molar-refractivity contribution in [1.82, 2.24) is 5.32 Å². The second-order valence-electron chi connectivity index (χ2n) is 5.39. The number of nitrogens with one attached hydrogen (secondary N) is 2. The average molecular weight is 333 g/mol. The topological polar surface area (TPSA) is 33.3 Å². The number of anilines is 1. The van der Waals surface area contributed by atoms with Gasteiger partial charge in [0.25, 0.3) is 0 Å². The Hall–Kier alpha value is -1.71. The van der Waals surface area contributed by atoms with Crippen molar-refractivity contribution >= 4 is 17.3 Å². The average Bonchev–Trinajstić information content (AvgIpc) is 2.57. The van der Waals surface area contributed by atoms with Crippen LogP contribution in [0.2, 0.25) is 5.02 Å². The Morgan fingerprint density at radius 2 is 1.78 bits per heavy atom. The first kappa shape index (κ1) is 17.6. The van der Waals surface area contributed by atoms with E-state index in [2.05, 4.69) is 23.6 Å². The molecule has 0 aliphatic rings. The molecule has 2 aromatic rings. The summed E-state index contributed by atoms with van der Waals surface area (Å²) in [6.07, 6.45) is 2.22. The Labute approximate surface area is 144 Å². The Morgan fingerprint density at radius 3 is 2.61 bits per heavy atom. The van der Waals surface area contributed by atoms with Gasteiger partial charge in [0.05, 0.1) is 12.3 Å². The fourth-order valence-corrected chi connectivity index (χ4v) is 2.42. The molecule has 0 heterocycles. The van der Waals surface area contributed by atoms with E-state index in [1.807, 2.05) is 42.5 Å². The molecule has 0 amide bonds. The van der Waals surface area contributed by atoms with Crippen molar-refractivity contribution in [2.75, 3.05) is 25.0 Å². The summed E-state index contributed by atoms with van der Waals surface area (Å²) in [6, 6.07) is 16.0. The van der Waals surface area contributed by atoms with Gasteiger partial charge in [-0.25, -0.2) is 0 Å². The molecule has 0 radical (unpaired) electrons. The Bertz CT molecular complexity index is 589. The molecular weight excluding hydrogens is 308 g/mol. The quantitative estimate of drug-likeness (QED) is 0.618. The van der Waals surface area contributed by atoms with Crippen LogP contribution in [0.4, 0.5) is 5.69 Å². The molecule has 2 N–H and O–H groups in total. The fourth-order valence-electron chi connectivity index (χ4n) is 2.22. The summed E-state index contributed by atoms with van der Waals surface area (Å²) in [4.78, 5) is 0. The summed E-state index contributed by atoms with van der Waals surface area (Å²) in [5, 5.41) is 7.63. The molecular formula is C19H25ClN2O. The number of benzene rings is 2. The van der Waals surface area contributed by atoms with E-state index in [1.54, 1.807) is 0 Å². The molecule has 23 heavy (non-hydrogen) atoms. The summed E-state index contributed by atoms with van der Waals surface area (Å²) in [7, 11) is 0. The lowest BCUT2D eigenvalue weighted by Gasteiger charge is -2.13. The molecule has 0 saturated heterocycles. The van der Waals surface area contributed by atoms with Gasteiger partial charge in [0.2, 0.25) is 0 Å². The first-order chi connectivity index (χ1) is 11.3. The number of ether oxygens (including phenoxy) is 1. The van der Waals surface area contributed by atoms with Crippen molar-refractivity contribution < 1.29 is 4.74 Å². The van der Waals surface area contributed by atoms with Gasteiger partial charge in [0.1, 0.15) is 5.75 Å². The van der Waals surface area contributed by atoms with Crippen molar-refractivity contribution in [2.45, 2.75) is 26.3 Å². The third-order valence-corrected chi connectivity index (χ3v) is 3.90. The maximum absolute atomic E-state index is 6.14. The molecule has 2 rings (SSSR count). The first-order valence-corrected chi connectivity index (χ1v) is 8.59. The van der Waals surface area contributed by atoms with E-state index in [4.69, 9.17) is 16.3 Å². The molecule has 0 fully saturated rings. The van der Waals surface area contributed by atoms with E-state index in [-0.39, 0.29) is 0 Å². The lowest BCUT2D eigenvalue weighted by atomic mass is 10.2. The number of hydrogen-bond acceptors (Lipinski definition) is 3. The van der Waals surface area contributed by atoms with Gasteiger partial charge >= 0.3 is 0 Å². The number of unbranched alkanes of at least 4 members (excludes halogenated alkanes) is 1. The van der Waals surface area contributed by atoms with E-state index in [9.17, 15) is 0 Å². The first-order valence-electron chi connectivity index (χ1n) is 8.21. The number of halogens is 1. The summed E-state index contributed by atoms with van der Waals surface area (Å²) < 4.78 is 5.82. The van der Waals surface area contributed by atoms with Gasteiger partial charge in [0, 0.05) is 24.7 Å². The van der Waals surface area contributed by atoms with Crippen molar-refractivity contribution in [3.05, 3.63) is 59.1 Å². The van der Waals surface area contributed by atoms with Crippen LogP contribution in [0.25, 0.3) is 0 Å². The highest BCUT2D eigenvalue weighted by Crippen LogP contribution is 2.23. The van der Waals surface area contributed by atoms with Gasteiger partial charge in [-0.2, -0.15) is 0 Å². The van der Waals surface area contributed by atoms with E-state index < -0.39 is 0 Å². The minimum atomic E-state index is 0.764. The van der Waals surface area contributed by atoms with Crippen LogP contribution >= 0.6 is 11.6 Å². The van der Waals surface area contributed by atoms with Crippen LogP contribution in [-0.2, 0) is 6.54 Å². The summed E-state index contributed by atoms with van der Waals surface area (Å²) in [6.45, 7) is 5.39. The second-order valence-corrected chi connectivity index (χ2v) is 5.80. The molecule has 0 unspecified atom stereocenters. The largest absolute Gasteiger partial charge is 0.491 e. The zero-order valence-corrected chi connectivity index (χ0v) is 14.4. The maximum Gasteiger partial charge on any atom is 0.142 e. The zero-order chi connectivity index (χ0) is 16.3. The number of rotatable bonds is 10. The van der Waals surface area contributed by atoms with Gasteiger partial charge in [-0.3, -0.25) is 0 Å². The Morgan fingerprint density at radius 1 is 1.00 bits per heavy atom. The van der Waals surface area contributed by atoms with Crippen molar-refractivity contribution in [2.24, 2.45) is 0 Å². The fraction of sp³-hybridized carbons (Fsp3) is 0.368. The molecule has 124 valence electrons. The van der Waals surface area contributed by atoms with Gasteiger partial charge in [-0.15, -0.1) is 0 Å². The van der Waals surface area contributed by atoms with Crippen LogP contribution in [0.15, 0.2) is 48.5 Å². The van der Waals surface area contributed by atoms with Crippen LogP contribution in [0, 0.1) is 0 Å².